The highest BCUT2D eigenvalue weighted by Gasteiger charge is 2.17. The van der Waals surface area contributed by atoms with Gasteiger partial charge in [-0.25, -0.2) is 0 Å². The molecule has 2 unspecified atom stereocenters. The number of hydrogen-bond acceptors (Lipinski definition) is 4. The zero-order valence-corrected chi connectivity index (χ0v) is 13.4. The SMILES string of the molecule is CCOC(C)CNC(c1cccs1)c1ccc(Cl)s1. The van der Waals surface area contributed by atoms with E-state index in [4.69, 9.17) is 16.3 Å². The van der Waals surface area contributed by atoms with E-state index in [1.54, 1.807) is 22.7 Å². The van der Waals surface area contributed by atoms with Crippen LogP contribution in [0.4, 0.5) is 0 Å². The first-order valence-corrected chi connectivity index (χ1v) is 8.41. The molecule has 2 aromatic rings. The summed E-state index contributed by atoms with van der Waals surface area (Å²) in [7, 11) is 0. The molecule has 0 amide bonds. The van der Waals surface area contributed by atoms with E-state index in [0.29, 0.717) is 0 Å². The Morgan fingerprint density at radius 2 is 2.16 bits per heavy atom. The molecule has 0 aromatic carbocycles. The van der Waals surface area contributed by atoms with Crippen LogP contribution in [0.1, 0.15) is 29.6 Å². The summed E-state index contributed by atoms with van der Waals surface area (Å²) < 4.78 is 6.40. The van der Waals surface area contributed by atoms with Gasteiger partial charge in [-0.05, 0) is 37.4 Å². The highest BCUT2D eigenvalue weighted by molar-refractivity contribution is 7.16. The molecule has 2 heterocycles. The third kappa shape index (κ3) is 4.29. The fraction of sp³-hybridized carbons (Fsp3) is 0.429. The van der Waals surface area contributed by atoms with Crippen molar-refractivity contribution in [3.63, 3.8) is 0 Å². The molecular weight excluding hydrogens is 298 g/mol. The fourth-order valence-electron chi connectivity index (χ4n) is 1.91. The molecule has 19 heavy (non-hydrogen) atoms. The van der Waals surface area contributed by atoms with Crippen LogP contribution in [-0.4, -0.2) is 19.3 Å². The number of nitrogens with one attached hydrogen (secondary N) is 1. The maximum absolute atomic E-state index is 6.05. The van der Waals surface area contributed by atoms with Crippen LogP contribution in [0.3, 0.4) is 0 Å². The molecule has 1 N–H and O–H groups in total. The van der Waals surface area contributed by atoms with Gasteiger partial charge in [0, 0.05) is 22.9 Å². The van der Waals surface area contributed by atoms with Gasteiger partial charge >= 0.3 is 0 Å². The first-order chi connectivity index (χ1) is 9.20. The van der Waals surface area contributed by atoms with E-state index >= 15 is 0 Å². The van der Waals surface area contributed by atoms with E-state index in [1.165, 1.54) is 9.75 Å². The summed E-state index contributed by atoms with van der Waals surface area (Å²) in [6, 6.07) is 8.49. The van der Waals surface area contributed by atoms with Crippen LogP contribution in [0.5, 0.6) is 0 Å². The second-order valence-corrected chi connectivity index (χ2v) is 6.99. The first kappa shape index (κ1) is 15.0. The summed E-state index contributed by atoms with van der Waals surface area (Å²) in [6.07, 6.45) is 0.211. The largest absolute Gasteiger partial charge is 0.377 e. The molecule has 0 aliphatic carbocycles. The first-order valence-electron chi connectivity index (χ1n) is 6.34. The van der Waals surface area contributed by atoms with Crippen molar-refractivity contribution in [1.29, 1.82) is 0 Å². The Morgan fingerprint density at radius 1 is 1.32 bits per heavy atom. The Hall–Kier alpha value is -0.390. The molecule has 5 heteroatoms. The van der Waals surface area contributed by atoms with Crippen molar-refractivity contribution in [2.24, 2.45) is 0 Å². The zero-order chi connectivity index (χ0) is 13.7. The van der Waals surface area contributed by atoms with E-state index in [1.807, 2.05) is 13.0 Å². The van der Waals surface area contributed by atoms with Crippen molar-refractivity contribution in [1.82, 2.24) is 5.32 Å². The molecule has 104 valence electrons. The summed E-state index contributed by atoms with van der Waals surface area (Å²) >= 11 is 9.44. The number of halogens is 1. The summed E-state index contributed by atoms with van der Waals surface area (Å²) in [5.74, 6) is 0. The second kappa shape index (κ2) is 7.41. The predicted molar refractivity (Wildman–Crippen MR) is 84.6 cm³/mol. The van der Waals surface area contributed by atoms with Gasteiger partial charge in [0.15, 0.2) is 0 Å². The van der Waals surface area contributed by atoms with Gasteiger partial charge in [-0.3, -0.25) is 0 Å². The van der Waals surface area contributed by atoms with Crippen molar-refractivity contribution in [2.45, 2.75) is 26.0 Å². The maximum Gasteiger partial charge on any atom is 0.0931 e. The van der Waals surface area contributed by atoms with Crippen molar-refractivity contribution in [3.05, 3.63) is 43.7 Å². The summed E-state index contributed by atoms with van der Waals surface area (Å²) in [5, 5.41) is 5.68. The topological polar surface area (TPSA) is 21.3 Å². The number of ether oxygens (including phenoxy) is 1. The highest BCUT2D eigenvalue weighted by Crippen LogP contribution is 2.32. The average molecular weight is 316 g/mol. The molecule has 0 aliphatic rings. The Kier molecular flexibility index (Phi) is 5.85. The maximum atomic E-state index is 6.05. The lowest BCUT2D eigenvalue weighted by atomic mass is 10.2. The lowest BCUT2D eigenvalue weighted by molar-refractivity contribution is 0.0749. The molecule has 0 saturated carbocycles. The molecule has 2 rings (SSSR count). The van der Waals surface area contributed by atoms with Gasteiger partial charge < -0.3 is 10.1 Å². The zero-order valence-electron chi connectivity index (χ0n) is 11.1. The molecular formula is C14H18ClNOS2. The van der Waals surface area contributed by atoms with Crippen LogP contribution in [0, 0.1) is 0 Å². The van der Waals surface area contributed by atoms with Crippen molar-refractivity contribution in [2.75, 3.05) is 13.2 Å². The highest BCUT2D eigenvalue weighted by atomic mass is 35.5. The Morgan fingerprint density at radius 3 is 2.74 bits per heavy atom. The van der Waals surface area contributed by atoms with Crippen LogP contribution < -0.4 is 5.32 Å². The van der Waals surface area contributed by atoms with E-state index < -0.39 is 0 Å². The van der Waals surface area contributed by atoms with Gasteiger partial charge in [-0.1, -0.05) is 17.7 Å². The number of hydrogen-bond donors (Lipinski definition) is 1. The third-order valence-electron chi connectivity index (χ3n) is 2.77. The van der Waals surface area contributed by atoms with Crippen LogP contribution in [0.15, 0.2) is 29.6 Å². The smallest absolute Gasteiger partial charge is 0.0931 e. The molecule has 0 spiro atoms. The van der Waals surface area contributed by atoms with Gasteiger partial charge in [0.2, 0.25) is 0 Å². The molecule has 2 atom stereocenters. The lowest BCUT2D eigenvalue weighted by Crippen LogP contribution is -2.30. The van der Waals surface area contributed by atoms with Gasteiger partial charge in [-0.15, -0.1) is 22.7 Å². The minimum atomic E-state index is 0.209. The predicted octanol–water partition coefficient (Wildman–Crippen LogP) is 4.57. The van der Waals surface area contributed by atoms with E-state index in [2.05, 4.69) is 35.8 Å². The van der Waals surface area contributed by atoms with Gasteiger partial charge in [0.05, 0.1) is 16.5 Å². The van der Waals surface area contributed by atoms with Crippen molar-refractivity contribution < 1.29 is 4.74 Å². The third-order valence-corrected chi connectivity index (χ3v) is 5.00. The van der Waals surface area contributed by atoms with Crippen molar-refractivity contribution >= 4 is 34.3 Å². The Balaban J connectivity index is 2.07. The normalized spacial score (nSPS) is 14.5. The molecule has 0 fully saturated rings. The monoisotopic (exact) mass is 315 g/mol. The molecule has 0 radical (unpaired) electrons. The number of thiophene rings is 2. The van der Waals surface area contributed by atoms with Crippen molar-refractivity contribution in [3.8, 4) is 0 Å². The summed E-state index contributed by atoms with van der Waals surface area (Å²) in [4.78, 5) is 2.55. The van der Waals surface area contributed by atoms with E-state index in [-0.39, 0.29) is 12.1 Å². The molecule has 0 aliphatic heterocycles. The average Bonchev–Trinajstić information content (AvgIpc) is 3.02. The molecule has 0 saturated heterocycles. The molecule has 2 aromatic heterocycles. The fourth-order valence-corrected chi connectivity index (χ4v) is 3.96. The van der Waals surface area contributed by atoms with Crippen LogP contribution in [-0.2, 0) is 4.74 Å². The molecule has 2 nitrogen and oxygen atoms in total. The minimum Gasteiger partial charge on any atom is -0.377 e. The minimum absolute atomic E-state index is 0.209. The van der Waals surface area contributed by atoms with Crippen LogP contribution in [0.2, 0.25) is 4.34 Å². The van der Waals surface area contributed by atoms with Gasteiger partial charge in [0.25, 0.3) is 0 Å². The Bertz CT molecular complexity index is 483. The standard InChI is InChI=1S/C14H18ClNOS2/c1-3-17-10(2)9-16-14(11-5-4-8-18-11)12-6-7-13(15)19-12/h4-8,10,14,16H,3,9H2,1-2H3. The van der Waals surface area contributed by atoms with Crippen LogP contribution >= 0.6 is 34.3 Å². The van der Waals surface area contributed by atoms with E-state index in [0.717, 1.165) is 17.5 Å². The summed E-state index contributed by atoms with van der Waals surface area (Å²) in [6.45, 7) is 5.68. The Labute approximate surface area is 127 Å². The quantitative estimate of drug-likeness (QED) is 0.808. The lowest BCUT2D eigenvalue weighted by Gasteiger charge is -2.19. The summed E-state index contributed by atoms with van der Waals surface area (Å²) in [5.41, 5.74) is 0. The number of rotatable bonds is 7. The van der Waals surface area contributed by atoms with Gasteiger partial charge in [-0.2, -0.15) is 0 Å². The van der Waals surface area contributed by atoms with E-state index in [9.17, 15) is 0 Å². The second-order valence-electron chi connectivity index (χ2n) is 4.26. The van der Waals surface area contributed by atoms with Gasteiger partial charge in [0.1, 0.15) is 0 Å². The molecule has 0 bridgehead atoms. The van der Waals surface area contributed by atoms with Crippen LogP contribution in [0.25, 0.3) is 0 Å².